The number of fused-ring (bicyclic) bond motifs is 1. The zero-order valence-electron chi connectivity index (χ0n) is 15.8. The minimum atomic E-state index is -0.478. The van der Waals surface area contributed by atoms with Crippen LogP contribution in [0.4, 0.5) is 0 Å². The summed E-state index contributed by atoms with van der Waals surface area (Å²) in [4.78, 5) is 18.5. The van der Waals surface area contributed by atoms with Gasteiger partial charge >= 0.3 is 0 Å². The Morgan fingerprint density at radius 2 is 2.04 bits per heavy atom. The van der Waals surface area contributed by atoms with Crippen molar-refractivity contribution in [3.8, 4) is 11.3 Å². The van der Waals surface area contributed by atoms with E-state index in [9.17, 15) is 4.79 Å². The summed E-state index contributed by atoms with van der Waals surface area (Å²) in [7, 11) is 2.12. The maximum absolute atomic E-state index is 11.3. The minimum Gasteiger partial charge on any atom is -0.388 e. The summed E-state index contributed by atoms with van der Waals surface area (Å²) in [6.07, 6.45) is 6.19. The molecule has 0 aliphatic heterocycles. The maximum atomic E-state index is 11.3. The first-order chi connectivity index (χ1) is 13.1. The number of hydrogen-bond donors (Lipinski definition) is 1. The predicted molar refractivity (Wildman–Crippen MR) is 108 cm³/mol. The summed E-state index contributed by atoms with van der Waals surface area (Å²) < 4.78 is 2.11. The maximum Gasteiger partial charge on any atom is 0.181 e. The first-order valence-electron chi connectivity index (χ1n) is 9.19. The SMILES string of the molecule is CCCN(C)Cc1c(-c2ccccc2)nc2cc(/C=C/C(=O)CO)ccn12. The molecule has 0 aliphatic rings. The van der Waals surface area contributed by atoms with Gasteiger partial charge in [0.05, 0.1) is 11.4 Å². The van der Waals surface area contributed by atoms with Crippen LogP contribution in [0.3, 0.4) is 0 Å². The van der Waals surface area contributed by atoms with Crippen molar-refractivity contribution in [3.63, 3.8) is 0 Å². The van der Waals surface area contributed by atoms with Crippen molar-refractivity contribution in [1.82, 2.24) is 14.3 Å². The van der Waals surface area contributed by atoms with Gasteiger partial charge in [-0.2, -0.15) is 0 Å². The first kappa shape index (κ1) is 19.0. The van der Waals surface area contributed by atoms with E-state index >= 15 is 0 Å². The van der Waals surface area contributed by atoms with Gasteiger partial charge in [-0.15, -0.1) is 0 Å². The molecule has 0 saturated heterocycles. The third-order valence-electron chi connectivity index (χ3n) is 4.44. The lowest BCUT2D eigenvalue weighted by Crippen LogP contribution is -2.19. The average molecular weight is 363 g/mol. The highest BCUT2D eigenvalue weighted by atomic mass is 16.3. The lowest BCUT2D eigenvalue weighted by molar-refractivity contribution is -0.117. The summed E-state index contributed by atoms with van der Waals surface area (Å²) >= 11 is 0. The van der Waals surface area contributed by atoms with Gasteiger partial charge in [0.1, 0.15) is 12.3 Å². The number of aliphatic hydroxyl groups excluding tert-OH is 1. The molecule has 0 unspecified atom stereocenters. The van der Waals surface area contributed by atoms with Gasteiger partial charge in [-0.05, 0) is 43.8 Å². The summed E-state index contributed by atoms with van der Waals surface area (Å²) in [5, 5.41) is 8.86. The number of aliphatic hydroxyl groups is 1. The van der Waals surface area contributed by atoms with Crippen molar-refractivity contribution in [1.29, 1.82) is 0 Å². The first-order valence-corrected chi connectivity index (χ1v) is 9.19. The third kappa shape index (κ3) is 4.51. The van der Waals surface area contributed by atoms with E-state index in [1.54, 1.807) is 6.08 Å². The Balaban J connectivity index is 2.05. The van der Waals surface area contributed by atoms with Crippen LogP contribution < -0.4 is 0 Å². The topological polar surface area (TPSA) is 57.8 Å². The predicted octanol–water partition coefficient (Wildman–Crippen LogP) is 3.42. The van der Waals surface area contributed by atoms with Crippen LogP contribution in [0.25, 0.3) is 23.0 Å². The smallest absolute Gasteiger partial charge is 0.181 e. The molecule has 0 atom stereocenters. The van der Waals surface area contributed by atoms with Crippen LogP contribution in [0.1, 0.15) is 24.6 Å². The zero-order valence-corrected chi connectivity index (χ0v) is 15.8. The van der Waals surface area contributed by atoms with Crippen molar-refractivity contribution in [2.45, 2.75) is 19.9 Å². The molecular formula is C22H25N3O2. The molecule has 3 aromatic rings. The molecule has 0 radical (unpaired) electrons. The molecular weight excluding hydrogens is 338 g/mol. The van der Waals surface area contributed by atoms with Crippen molar-refractivity contribution in [3.05, 3.63) is 66.0 Å². The van der Waals surface area contributed by atoms with Crippen LogP contribution in [-0.2, 0) is 11.3 Å². The Morgan fingerprint density at radius 3 is 2.74 bits per heavy atom. The van der Waals surface area contributed by atoms with Gasteiger partial charge in [0.15, 0.2) is 5.78 Å². The van der Waals surface area contributed by atoms with Crippen LogP contribution >= 0.6 is 0 Å². The molecule has 2 heterocycles. The van der Waals surface area contributed by atoms with Crippen LogP contribution in [-0.4, -0.2) is 45.4 Å². The number of carbonyl (C=O) groups excluding carboxylic acids is 1. The van der Waals surface area contributed by atoms with Gasteiger partial charge in [0.2, 0.25) is 0 Å². The molecule has 0 fully saturated rings. The second-order valence-electron chi connectivity index (χ2n) is 6.66. The van der Waals surface area contributed by atoms with Gasteiger partial charge < -0.3 is 14.4 Å². The highest BCUT2D eigenvalue weighted by molar-refractivity contribution is 5.94. The van der Waals surface area contributed by atoms with Gasteiger partial charge in [-0.3, -0.25) is 4.79 Å². The van der Waals surface area contributed by atoms with Gasteiger partial charge in [0.25, 0.3) is 0 Å². The minimum absolute atomic E-state index is 0.315. The van der Waals surface area contributed by atoms with E-state index in [-0.39, 0.29) is 5.78 Å². The van der Waals surface area contributed by atoms with Crippen molar-refractivity contribution < 1.29 is 9.90 Å². The molecule has 140 valence electrons. The highest BCUT2D eigenvalue weighted by Crippen LogP contribution is 2.26. The van der Waals surface area contributed by atoms with Gasteiger partial charge in [-0.25, -0.2) is 4.98 Å². The summed E-state index contributed by atoms with van der Waals surface area (Å²) in [5.74, 6) is -0.315. The molecule has 5 nitrogen and oxygen atoms in total. The fourth-order valence-corrected chi connectivity index (χ4v) is 3.15. The van der Waals surface area contributed by atoms with Crippen LogP contribution in [0.15, 0.2) is 54.7 Å². The van der Waals surface area contributed by atoms with Crippen LogP contribution in [0.5, 0.6) is 0 Å². The van der Waals surface area contributed by atoms with E-state index in [1.807, 2.05) is 36.5 Å². The number of pyridine rings is 1. The molecule has 3 rings (SSSR count). The summed E-state index contributed by atoms with van der Waals surface area (Å²) in [6.45, 7) is 3.52. The number of ketones is 1. The van der Waals surface area contributed by atoms with E-state index in [1.165, 1.54) is 6.08 Å². The second kappa shape index (κ2) is 8.75. The summed E-state index contributed by atoms with van der Waals surface area (Å²) in [6, 6.07) is 14.1. The number of rotatable bonds is 8. The van der Waals surface area contributed by atoms with Crippen LogP contribution in [0.2, 0.25) is 0 Å². The number of nitrogens with zero attached hydrogens (tertiary/aromatic N) is 3. The quantitative estimate of drug-likeness (QED) is 0.623. The molecule has 1 aromatic carbocycles. The Labute approximate surface area is 159 Å². The Kier molecular flexibility index (Phi) is 6.16. The molecule has 2 aromatic heterocycles. The third-order valence-corrected chi connectivity index (χ3v) is 4.44. The largest absolute Gasteiger partial charge is 0.388 e. The molecule has 0 spiro atoms. The fraction of sp³-hybridized carbons (Fsp3) is 0.273. The zero-order chi connectivity index (χ0) is 19.2. The van der Waals surface area contributed by atoms with Crippen molar-refractivity contribution in [2.24, 2.45) is 0 Å². The number of carbonyl (C=O) groups is 1. The van der Waals surface area contributed by atoms with E-state index in [2.05, 4.69) is 35.4 Å². The van der Waals surface area contributed by atoms with E-state index in [0.717, 1.165) is 47.7 Å². The molecule has 5 heteroatoms. The fourth-order valence-electron chi connectivity index (χ4n) is 3.15. The van der Waals surface area contributed by atoms with Gasteiger partial charge in [-0.1, -0.05) is 43.3 Å². The van der Waals surface area contributed by atoms with E-state index < -0.39 is 6.61 Å². The Bertz CT molecular complexity index is 945. The lowest BCUT2D eigenvalue weighted by Gasteiger charge is -2.16. The lowest BCUT2D eigenvalue weighted by atomic mass is 10.1. The molecule has 0 bridgehead atoms. The average Bonchev–Trinajstić information content (AvgIpc) is 3.04. The number of benzene rings is 1. The molecule has 1 N–H and O–H groups in total. The molecule has 0 amide bonds. The molecule has 0 aliphatic carbocycles. The second-order valence-corrected chi connectivity index (χ2v) is 6.66. The van der Waals surface area contributed by atoms with Crippen LogP contribution in [0, 0.1) is 0 Å². The molecule has 0 saturated carbocycles. The highest BCUT2D eigenvalue weighted by Gasteiger charge is 2.15. The summed E-state index contributed by atoms with van der Waals surface area (Å²) in [5.41, 5.74) is 4.93. The van der Waals surface area contributed by atoms with E-state index in [0.29, 0.717) is 0 Å². The normalized spacial score (nSPS) is 11.7. The Hall–Kier alpha value is -2.76. The monoisotopic (exact) mass is 363 g/mol. The van der Waals surface area contributed by atoms with E-state index in [4.69, 9.17) is 10.1 Å². The Morgan fingerprint density at radius 1 is 1.26 bits per heavy atom. The van der Waals surface area contributed by atoms with Crippen molar-refractivity contribution in [2.75, 3.05) is 20.2 Å². The van der Waals surface area contributed by atoms with Crippen molar-refractivity contribution >= 4 is 17.5 Å². The molecule has 27 heavy (non-hydrogen) atoms. The number of aromatic nitrogens is 2. The van der Waals surface area contributed by atoms with Gasteiger partial charge in [0, 0.05) is 18.3 Å². The standard InChI is InChI=1S/C22H25N3O2/c1-3-12-24(2)15-20-22(18-7-5-4-6-8-18)23-21-14-17(11-13-25(20)21)9-10-19(27)16-26/h4-11,13-14,26H,3,12,15-16H2,1-2H3/b10-9+. The number of imidazole rings is 1. The number of hydrogen-bond acceptors (Lipinski definition) is 4.